The van der Waals surface area contributed by atoms with Crippen LogP contribution in [0.25, 0.3) is 10.9 Å². The van der Waals surface area contributed by atoms with E-state index in [1.807, 2.05) is 26.1 Å². The van der Waals surface area contributed by atoms with Gasteiger partial charge in [-0.25, -0.2) is 0 Å². The molecular weight excluding hydrogens is 254 g/mol. The number of hydrogen-bond donors (Lipinski definition) is 2. The Morgan fingerprint density at radius 3 is 2.80 bits per heavy atom. The first kappa shape index (κ1) is 10.7. The Hall–Kier alpha value is -0.800. The summed E-state index contributed by atoms with van der Waals surface area (Å²) >= 11 is 3.50. The molecule has 2 nitrogen and oxygen atoms in total. The van der Waals surface area contributed by atoms with Crippen molar-refractivity contribution in [1.82, 2.24) is 4.98 Å². The highest BCUT2D eigenvalue weighted by Crippen LogP contribution is 2.29. The SMILES string of the molecule is CC(C)(CO)c1ccc2[nH]cc(Br)c2c1. The maximum atomic E-state index is 9.32. The van der Waals surface area contributed by atoms with E-state index in [-0.39, 0.29) is 12.0 Å². The van der Waals surface area contributed by atoms with E-state index in [0.717, 1.165) is 20.9 Å². The normalized spacial score (nSPS) is 12.3. The molecule has 0 amide bonds. The number of H-pyrrole nitrogens is 1. The van der Waals surface area contributed by atoms with Crippen molar-refractivity contribution in [3.63, 3.8) is 0 Å². The van der Waals surface area contributed by atoms with Crippen LogP contribution in [-0.4, -0.2) is 16.7 Å². The standard InChI is InChI=1S/C12H14BrNO/c1-12(2,7-15)8-3-4-11-9(5-8)10(13)6-14-11/h3-6,14-15H,7H2,1-2H3. The number of aromatic amines is 1. The number of hydrogen-bond acceptors (Lipinski definition) is 1. The van der Waals surface area contributed by atoms with Gasteiger partial charge in [-0.15, -0.1) is 0 Å². The Morgan fingerprint density at radius 1 is 1.40 bits per heavy atom. The van der Waals surface area contributed by atoms with Gasteiger partial charge in [-0.3, -0.25) is 0 Å². The zero-order valence-corrected chi connectivity index (χ0v) is 10.4. The molecule has 2 rings (SSSR count). The Kier molecular flexibility index (Phi) is 2.61. The van der Waals surface area contributed by atoms with E-state index in [1.54, 1.807) is 0 Å². The lowest BCUT2D eigenvalue weighted by atomic mass is 9.85. The third-order valence-corrected chi connectivity index (χ3v) is 3.46. The van der Waals surface area contributed by atoms with Crippen LogP contribution >= 0.6 is 15.9 Å². The summed E-state index contributed by atoms with van der Waals surface area (Å²) in [5.74, 6) is 0. The molecule has 0 bridgehead atoms. The van der Waals surface area contributed by atoms with Crippen LogP contribution < -0.4 is 0 Å². The van der Waals surface area contributed by atoms with Gasteiger partial charge in [0.05, 0.1) is 6.61 Å². The Balaban J connectivity index is 2.59. The van der Waals surface area contributed by atoms with E-state index in [0.29, 0.717) is 0 Å². The molecule has 1 aromatic carbocycles. The van der Waals surface area contributed by atoms with E-state index >= 15 is 0 Å². The van der Waals surface area contributed by atoms with Crippen molar-refractivity contribution in [3.05, 3.63) is 34.4 Å². The summed E-state index contributed by atoms with van der Waals surface area (Å²) in [6.07, 6.45) is 1.93. The number of aliphatic hydroxyl groups excluding tert-OH is 1. The summed E-state index contributed by atoms with van der Waals surface area (Å²) in [5, 5.41) is 10.5. The minimum Gasteiger partial charge on any atom is -0.395 e. The van der Waals surface area contributed by atoms with E-state index < -0.39 is 0 Å². The van der Waals surface area contributed by atoms with Crippen molar-refractivity contribution in [2.45, 2.75) is 19.3 Å². The first-order chi connectivity index (χ1) is 7.04. The Bertz CT molecular complexity index is 487. The van der Waals surface area contributed by atoms with Gasteiger partial charge in [-0.05, 0) is 33.6 Å². The lowest BCUT2D eigenvalue weighted by Gasteiger charge is -2.22. The number of benzene rings is 1. The number of rotatable bonds is 2. The topological polar surface area (TPSA) is 36.0 Å². The molecule has 0 fully saturated rings. The monoisotopic (exact) mass is 267 g/mol. The molecule has 1 aromatic heterocycles. The van der Waals surface area contributed by atoms with Crippen LogP contribution in [0.15, 0.2) is 28.9 Å². The molecule has 0 saturated heterocycles. The molecule has 0 radical (unpaired) electrons. The van der Waals surface area contributed by atoms with Crippen LogP contribution in [0, 0.1) is 0 Å². The lowest BCUT2D eigenvalue weighted by Crippen LogP contribution is -2.21. The molecule has 2 aromatic rings. The van der Waals surface area contributed by atoms with E-state index in [1.165, 1.54) is 0 Å². The quantitative estimate of drug-likeness (QED) is 0.862. The predicted molar refractivity (Wildman–Crippen MR) is 66.1 cm³/mol. The van der Waals surface area contributed by atoms with Gasteiger partial charge in [-0.2, -0.15) is 0 Å². The molecule has 2 N–H and O–H groups in total. The van der Waals surface area contributed by atoms with E-state index in [9.17, 15) is 5.11 Å². The van der Waals surface area contributed by atoms with Crippen LogP contribution in [0.1, 0.15) is 19.4 Å². The second-order valence-electron chi connectivity index (χ2n) is 4.44. The number of aromatic nitrogens is 1. The molecule has 0 aliphatic heterocycles. The minimum atomic E-state index is -0.190. The molecule has 0 atom stereocenters. The number of halogens is 1. The molecule has 0 aliphatic rings. The summed E-state index contributed by atoms with van der Waals surface area (Å²) in [5.41, 5.74) is 2.07. The van der Waals surface area contributed by atoms with Crippen molar-refractivity contribution in [2.75, 3.05) is 6.61 Å². The maximum absolute atomic E-state index is 9.32. The Labute approximate surface area is 97.4 Å². The van der Waals surface area contributed by atoms with Crippen molar-refractivity contribution in [1.29, 1.82) is 0 Å². The van der Waals surface area contributed by atoms with Gasteiger partial charge < -0.3 is 10.1 Å². The second-order valence-corrected chi connectivity index (χ2v) is 5.29. The van der Waals surface area contributed by atoms with Gasteiger partial charge in [-0.1, -0.05) is 19.9 Å². The van der Waals surface area contributed by atoms with Crippen LogP contribution in [0.3, 0.4) is 0 Å². The average molecular weight is 268 g/mol. The van der Waals surface area contributed by atoms with Crippen molar-refractivity contribution < 1.29 is 5.11 Å². The van der Waals surface area contributed by atoms with Crippen LogP contribution in [0.2, 0.25) is 0 Å². The van der Waals surface area contributed by atoms with Gasteiger partial charge >= 0.3 is 0 Å². The molecule has 15 heavy (non-hydrogen) atoms. The van der Waals surface area contributed by atoms with Crippen molar-refractivity contribution >= 4 is 26.8 Å². The maximum Gasteiger partial charge on any atom is 0.0522 e. The number of nitrogens with one attached hydrogen (secondary N) is 1. The van der Waals surface area contributed by atoms with Gasteiger partial charge in [0, 0.05) is 27.0 Å². The van der Waals surface area contributed by atoms with E-state index in [2.05, 4.69) is 33.0 Å². The third-order valence-electron chi connectivity index (χ3n) is 2.81. The average Bonchev–Trinajstić information content (AvgIpc) is 2.60. The fourth-order valence-electron chi connectivity index (χ4n) is 1.60. The van der Waals surface area contributed by atoms with Crippen molar-refractivity contribution in [2.24, 2.45) is 0 Å². The molecule has 0 saturated carbocycles. The largest absolute Gasteiger partial charge is 0.395 e. The fraction of sp³-hybridized carbons (Fsp3) is 0.333. The van der Waals surface area contributed by atoms with Gasteiger partial charge in [0.1, 0.15) is 0 Å². The van der Waals surface area contributed by atoms with Crippen LogP contribution in [-0.2, 0) is 5.41 Å². The van der Waals surface area contributed by atoms with Crippen LogP contribution in [0.4, 0.5) is 0 Å². The molecule has 80 valence electrons. The number of fused-ring (bicyclic) bond motifs is 1. The van der Waals surface area contributed by atoms with Crippen LogP contribution in [0.5, 0.6) is 0 Å². The summed E-state index contributed by atoms with van der Waals surface area (Å²) in [7, 11) is 0. The zero-order valence-electron chi connectivity index (χ0n) is 8.84. The van der Waals surface area contributed by atoms with Gasteiger partial charge in [0.15, 0.2) is 0 Å². The zero-order chi connectivity index (χ0) is 11.1. The summed E-state index contributed by atoms with van der Waals surface area (Å²) in [4.78, 5) is 3.18. The smallest absolute Gasteiger partial charge is 0.0522 e. The van der Waals surface area contributed by atoms with Crippen molar-refractivity contribution in [3.8, 4) is 0 Å². The lowest BCUT2D eigenvalue weighted by molar-refractivity contribution is 0.218. The highest BCUT2D eigenvalue weighted by Gasteiger charge is 2.19. The predicted octanol–water partition coefficient (Wildman–Crippen LogP) is 3.20. The summed E-state index contributed by atoms with van der Waals surface area (Å²) < 4.78 is 1.06. The first-order valence-corrected chi connectivity index (χ1v) is 5.72. The highest BCUT2D eigenvalue weighted by atomic mass is 79.9. The van der Waals surface area contributed by atoms with E-state index in [4.69, 9.17) is 0 Å². The molecule has 3 heteroatoms. The molecule has 0 aliphatic carbocycles. The third kappa shape index (κ3) is 1.82. The summed E-state index contributed by atoms with van der Waals surface area (Å²) in [6.45, 7) is 4.23. The molecule has 0 spiro atoms. The molecular formula is C12H14BrNO. The van der Waals surface area contributed by atoms with Gasteiger partial charge in [0.25, 0.3) is 0 Å². The first-order valence-electron chi connectivity index (χ1n) is 4.92. The number of aliphatic hydroxyl groups is 1. The fourth-order valence-corrected chi connectivity index (χ4v) is 2.04. The van der Waals surface area contributed by atoms with Gasteiger partial charge in [0.2, 0.25) is 0 Å². The highest BCUT2D eigenvalue weighted by molar-refractivity contribution is 9.10. The minimum absolute atomic E-state index is 0.153. The Morgan fingerprint density at radius 2 is 2.13 bits per heavy atom. The molecule has 1 heterocycles. The second kappa shape index (κ2) is 3.65. The summed E-state index contributed by atoms with van der Waals surface area (Å²) in [6, 6.07) is 6.22. The molecule has 0 unspecified atom stereocenters.